The van der Waals surface area contributed by atoms with E-state index >= 15 is 0 Å². The molecule has 0 bridgehead atoms. The minimum atomic E-state index is 0.805. The molecular weight excluding hydrogens is 302 g/mol. The Hall–Kier alpha value is -0.540. The van der Waals surface area contributed by atoms with Crippen LogP contribution in [0, 0.1) is 6.92 Å². The van der Waals surface area contributed by atoms with Gasteiger partial charge in [0.15, 0.2) is 0 Å². The van der Waals surface area contributed by atoms with Gasteiger partial charge in [0.2, 0.25) is 0 Å². The lowest BCUT2D eigenvalue weighted by molar-refractivity contribution is 0.276. The zero-order valence-electron chi connectivity index (χ0n) is 12.4. The van der Waals surface area contributed by atoms with Crippen LogP contribution < -0.4 is 4.74 Å². The first-order chi connectivity index (χ1) is 9.17. The third-order valence-corrected chi connectivity index (χ3v) is 3.98. The van der Waals surface area contributed by atoms with Crippen LogP contribution in [-0.2, 0) is 0 Å². The Balaban J connectivity index is 2.14. The minimum absolute atomic E-state index is 0.805. The van der Waals surface area contributed by atoms with Crippen LogP contribution in [0.25, 0.3) is 0 Å². The highest BCUT2D eigenvalue weighted by atomic mass is 79.9. The predicted octanol–water partition coefficient (Wildman–Crippen LogP) is 4.65. The molecule has 0 radical (unpaired) electrons. The van der Waals surface area contributed by atoms with E-state index in [-0.39, 0.29) is 0 Å². The predicted molar refractivity (Wildman–Crippen MR) is 86.0 cm³/mol. The molecule has 1 aromatic rings. The van der Waals surface area contributed by atoms with E-state index < -0.39 is 0 Å². The van der Waals surface area contributed by atoms with E-state index in [0.29, 0.717) is 0 Å². The normalized spacial score (nSPS) is 11.0. The zero-order valence-corrected chi connectivity index (χ0v) is 14.0. The Labute approximate surface area is 126 Å². The number of hydrogen-bond donors (Lipinski definition) is 0. The van der Waals surface area contributed by atoms with Crippen molar-refractivity contribution in [3.05, 3.63) is 28.2 Å². The van der Waals surface area contributed by atoms with Gasteiger partial charge in [0, 0.05) is 0 Å². The van der Waals surface area contributed by atoms with Gasteiger partial charge in [-0.2, -0.15) is 0 Å². The van der Waals surface area contributed by atoms with Crippen molar-refractivity contribution >= 4 is 15.9 Å². The summed E-state index contributed by atoms with van der Waals surface area (Å²) < 4.78 is 6.84. The van der Waals surface area contributed by atoms with E-state index in [1.807, 2.05) is 6.07 Å². The molecule has 0 spiro atoms. The first-order valence-electron chi connectivity index (χ1n) is 7.28. The average Bonchev–Trinajstić information content (AvgIpc) is 2.40. The minimum Gasteiger partial charge on any atom is -0.492 e. The van der Waals surface area contributed by atoms with Crippen LogP contribution in [0.1, 0.15) is 38.7 Å². The molecule has 2 nitrogen and oxygen atoms in total. The third kappa shape index (κ3) is 6.44. The Morgan fingerprint density at radius 3 is 2.47 bits per heavy atom. The molecule has 0 atom stereocenters. The fourth-order valence-corrected chi connectivity index (χ4v) is 2.67. The maximum Gasteiger partial charge on any atom is 0.133 e. The van der Waals surface area contributed by atoms with E-state index in [1.54, 1.807) is 0 Å². The summed E-state index contributed by atoms with van der Waals surface area (Å²) in [7, 11) is 0. The summed E-state index contributed by atoms with van der Waals surface area (Å²) in [6.45, 7) is 10.9. The van der Waals surface area contributed by atoms with Gasteiger partial charge in [0.05, 0.1) is 11.1 Å². The number of unbranched alkanes of at least 4 members (excludes halogenated alkanes) is 2. The van der Waals surface area contributed by atoms with Crippen molar-refractivity contribution < 1.29 is 4.74 Å². The van der Waals surface area contributed by atoms with Gasteiger partial charge < -0.3 is 9.64 Å². The maximum atomic E-state index is 5.79. The van der Waals surface area contributed by atoms with Gasteiger partial charge in [-0.05, 0) is 79.4 Å². The quantitative estimate of drug-likeness (QED) is 0.612. The summed E-state index contributed by atoms with van der Waals surface area (Å²) in [6.07, 6.45) is 3.63. The zero-order chi connectivity index (χ0) is 14.1. The molecule has 0 fully saturated rings. The average molecular weight is 328 g/mol. The van der Waals surface area contributed by atoms with Crippen molar-refractivity contribution in [2.45, 2.75) is 40.0 Å². The van der Waals surface area contributed by atoms with Crippen molar-refractivity contribution in [3.63, 3.8) is 0 Å². The number of nitrogens with zero attached hydrogens (tertiary/aromatic N) is 1. The monoisotopic (exact) mass is 327 g/mol. The lowest BCUT2D eigenvalue weighted by Crippen LogP contribution is -2.23. The van der Waals surface area contributed by atoms with E-state index in [0.717, 1.165) is 36.3 Å². The van der Waals surface area contributed by atoms with Crippen LogP contribution in [0.5, 0.6) is 5.75 Å². The summed E-state index contributed by atoms with van der Waals surface area (Å²) in [5, 5.41) is 0. The molecule has 0 N–H and O–H groups in total. The molecule has 0 saturated heterocycles. The summed E-state index contributed by atoms with van der Waals surface area (Å²) >= 11 is 3.54. The van der Waals surface area contributed by atoms with Crippen molar-refractivity contribution in [1.29, 1.82) is 0 Å². The molecule has 1 rings (SSSR count). The molecule has 1 aromatic carbocycles. The molecule has 0 saturated carbocycles. The first-order valence-corrected chi connectivity index (χ1v) is 8.08. The van der Waals surface area contributed by atoms with Gasteiger partial charge in [-0.1, -0.05) is 19.9 Å². The summed E-state index contributed by atoms with van der Waals surface area (Å²) in [4.78, 5) is 2.47. The van der Waals surface area contributed by atoms with Crippen LogP contribution in [0.3, 0.4) is 0 Å². The standard InChI is InChI=1S/C16H26BrNO/c1-4-18(5-2)11-7-6-8-12-19-16-10-9-14(3)13-15(16)17/h9-10,13H,4-8,11-12H2,1-3H3. The fourth-order valence-electron chi connectivity index (χ4n) is 2.06. The molecule has 108 valence electrons. The second-order valence-electron chi connectivity index (χ2n) is 4.87. The number of hydrogen-bond acceptors (Lipinski definition) is 2. The van der Waals surface area contributed by atoms with E-state index in [9.17, 15) is 0 Å². The van der Waals surface area contributed by atoms with Gasteiger partial charge in [-0.3, -0.25) is 0 Å². The first kappa shape index (κ1) is 16.5. The van der Waals surface area contributed by atoms with Gasteiger partial charge in [-0.25, -0.2) is 0 Å². The van der Waals surface area contributed by atoms with Crippen LogP contribution >= 0.6 is 15.9 Å². The number of rotatable bonds is 9. The van der Waals surface area contributed by atoms with E-state index in [1.165, 1.54) is 24.9 Å². The SMILES string of the molecule is CCN(CC)CCCCCOc1ccc(C)cc1Br. The van der Waals surface area contributed by atoms with Crippen LogP contribution in [0.2, 0.25) is 0 Å². The van der Waals surface area contributed by atoms with Gasteiger partial charge >= 0.3 is 0 Å². The third-order valence-electron chi connectivity index (χ3n) is 3.36. The highest BCUT2D eigenvalue weighted by molar-refractivity contribution is 9.10. The molecule has 0 aliphatic heterocycles. The molecule has 0 amide bonds. The van der Waals surface area contributed by atoms with Crippen molar-refractivity contribution in [3.8, 4) is 5.75 Å². The van der Waals surface area contributed by atoms with Crippen molar-refractivity contribution in [2.75, 3.05) is 26.2 Å². The number of halogens is 1. The second-order valence-corrected chi connectivity index (χ2v) is 5.72. The maximum absolute atomic E-state index is 5.79. The summed E-state index contributed by atoms with van der Waals surface area (Å²) in [5.74, 6) is 0.953. The lowest BCUT2D eigenvalue weighted by Gasteiger charge is -2.17. The smallest absolute Gasteiger partial charge is 0.133 e. The highest BCUT2D eigenvalue weighted by Gasteiger charge is 2.01. The lowest BCUT2D eigenvalue weighted by atomic mass is 10.2. The fraction of sp³-hybridized carbons (Fsp3) is 0.625. The molecule has 19 heavy (non-hydrogen) atoms. The molecular formula is C16H26BrNO. The topological polar surface area (TPSA) is 12.5 Å². The Morgan fingerprint density at radius 1 is 1.11 bits per heavy atom. The molecule has 0 aromatic heterocycles. The largest absolute Gasteiger partial charge is 0.492 e. The number of aryl methyl sites for hydroxylation is 1. The van der Waals surface area contributed by atoms with Crippen molar-refractivity contribution in [2.24, 2.45) is 0 Å². The summed E-state index contributed by atoms with van der Waals surface area (Å²) in [5.41, 5.74) is 1.25. The van der Waals surface area contributed by atoms with Crippen LogP contribution in [0.4, 0.5) is 0 Å². The molecule has 3 heteroatoms. The van der Waals surface area contributed by atoms with Gasteiger partial charge in [0.25, 0.3) is 0 Å². The van der Waals surface area contributed by atoms with Crippen molar-refractivity contribution in [1.82, 2.24) is 4.90 Å². The van der Waals surface area contributed by atoms with Gasteiger partial charge in [0.1, 0.15) is 5.75 Å². The molecule has 0 aliphatic rings. The second kappa shape index (κ2) is 9.38. The van der Waals surface area contributed by atoms with E-state index in [2.05, 4.69) is 53.7 Å². The van der Waals surface area contributed by atoms with Crippen LogP contribution in [-0.4, -0.2) is 31.1 Å². The molecule has 0 unspecified atom stereocenters. The Bertz CT molecular complexity index is 364. The molecule has 0 aliphatic carbocycles. The number of ether oxygens (including phenoxy) is 1. The Kier molecular flexibility index (Phi) is 8.15. The molecule has 0 heterocycles. The Morgan fingerprint density at radius 2 is 1.84 bits per heavy atom. The van der Waals surface area contributed by atoms with Gasteiger partial charge in [-0.15, -0.1) is 0 Å². The number of benzene rings is 1. The van der Waals surface area contributed by atoms with Crippen LogP contribution in [0.15, 0.2) is 22.7 Å². The highest BCUT2D eigenvalue weighted by Crippen LogP contribution is 2.25. The summed E-state index contributed by atoms with van der Waals surface area (Å²) in [6, 6.07) is 6.21. The van der Waals surface area contributed by atoms with E-state index in [4.69, 9.17) is 4.74 Å².